The molecule has 0 spiro atoms. The van der Waals surface area contributed by atoms with Crippen LogP contribution in [0, 0.1) is 23.7 Å². The summed E-state index contributed by atoms with van der Waals surface area (Å²) in [4.78, 5) is 0. The first kappa shape index (κ1) is 8.59. The molecule has 0 amide bonds. The molecular formula is C12H22. The van der Waals surface area contributed by atoms with Gasteiger partial charge in [-0.15, -0.1) is 0 Å². The van der Waals surface area contributed by atoms with Crippen LogP contribution in [0.15, 0.2) is 0 Å². The van der Waals surface area contributed by atoms with E-state index in [9.17, 15) is 0 Å². The summed E-state index contributed by atoms with van der Waals surface area (Å²) in [5.74, 6) is 4.20. The van der Waals surface area contributed by atoms with Crippen molar-refractivity contribution in [1.82, 2.24) is 0 Å². The van der Waals surface area contributed by atoms with E-state index in [4.69, 9.17) is 0 Å². The molecule has 0 aromatic rings. The molecule has 0 N–H and O–H groups in total. The molecule has 12 heavy (non-hydrogen) atoms. The van der Waals surface area contributed by atoms with Crippen LogP contribution >= 0.6 is 0 Å². The highest BCUT2D eigenvalue weighted by molar-refractivity contribution is 4.81. The van der Waals surface area contributed by atoms with E-state index < -0.39 is 0 Å². The standard InChI is InChI=1S/C12H22/c1-9-6-11-4-3-5-12(8-11)7-10(9)2/h9-12H,3-8H2,1-2H3. The Balaban J connectivity index is 2.04. The number of fused-ring (bicyclic) bond motifs is 2. The van der Waals surface area contributed by atoms with Gasteiger partial charge in [0.2, 0.25) is 0 Å². The van der Waals surface area contributed by atoms with Gasteiger partial charge < -0.3 is 0 Å². The zero-order valence-corrected chi connectivity index (χ0v) is 8.55. The summed E-state index contributed by atoms with van der Waals surface area (Å²) in [6.07, 6.45) is 9.21. The van der Waals surface area contributed by atoms with Crippen LogP contribution in [0.4, 0.5) is 0 Å². The summed E-state index contributed by atoms with van der Waals surface area (Å²) >= 11 is 0. The van der Waals surface area contributed by atoms with E-state index in [1.165, 1.54) is 32.1 Å². The van der Waals surface area contributed by atoms with Gasteiger partial charge >= 0.3 is 0 Å². The van der Waals surface area contributed by atoms with Crippen LogP contribution in [0.2, 0.25) is 0 Å². The third kappa shape index (κ3) is 1.67. The van der Waals surface area contributed by atoms with E-state index in [1.807, 2.05) is 0 Å². The summed E-state index contributed by atoms with van der Waals surface area (Å²) in [5, 5.41) is 0. The van der Waals surface area contributed by atoms with Crippen LogP contribution < -0.4 is 0 Å². The van der Waals surface area contributed by atoms with Crippen LogP contribution in [-0.4, -0.2) is 0 Å². The Bertz CT molecular complexity index is 134. The van der Waals surface area contributed by atoms with Crippen molar-refractivity contribution in [2.24, 2.45) is 23.7 Å². The maximum Gasteiger partial charge on any atom is -0.0409 e. The highest BCUT2D eigenvalue weighted by atomic mass is 14.4. The average molecular weight is 166 g/mol. The highest BCUT2D eigenvalue weighted by Crippen LogP contribution is 2.42. The van der Waals surface area contributed by atoms with Crippen molar-refractivity contribution in [3.05, 3.63) is 0 Å². The smallest absolute Gasteiger partial charge is 0.0409 e. The molecule has 2 aliphatic carbocycles. The minimum Gasteiger partial charge on any atom is -0.0622 e. The maximum absolute atomic E-state index is 2.46. The zero-order chi connectivity index (χ0) is 8.55. The fourth-order valence-corrected chi connectivity index (χ4v) is 3.35. The summed E-state index contributed by atoms with van der Waals surface area (Å²) < 4.78 is 0. The molecule has 2 saturated carbocycles. The lowest BCUT2D eigenvalue weighted by Gasteiger charge is -2.26. The van der Waals surface area contributed by atoms with Crippen LogP contribution in [0.3, 0.4) is 0 Å². The quantitative estimate of drug-likeness (QED) is 0.512. The molecule has 0 heteroatoms. The van der Waals surface area contributed by atoms with E-state index in [2.05, 4.69) is 13.8 Å². The Morgan fingerprint density at radius 1 is 0.750 bits per heavy atom. The maximum atomic E-state index is 2.46. The molecule has 0 aromatic heterocycles. The number of rotatable bonds is 0. The van der Waals surface area contributed by atoms with Crippen molar-refractivity contribution in [1.29, 1.82) is 0 Å². The molecule has 0 radical (unpaired) electrons. The van der Waals surface area contributed by atoms with Crippen LogP contribution in [-0.2, 0) is 0 Å². The van der Waals surface area contributed by atoms with E-state index in [0.29, 0.717) is 0 Å². The summed E-state index contributed by atoms with van der Waals surface area (Å²) in [6, 6.07) is 0. The molecule has 2 rings (SSSR count). The van der Waals surface area contributed by atoms with Gasteiger partial charge in [-0.1, -0.05) is 33.1 Å². The molecular weight excluding hydrogens is 144 g/mol. The molecule has 2 fully saturated rings. The number of hydrogen-bond acceptors (Lipinski definition) is 0. The van der Waals surface area contributed by atoms with Gasteiger partial charge in [-0.25, -0.2) is 0 Å². The first-order chi connectivity index (χ1) is 5.75. The minimum atomic E-state index is 0.998. The normalized spacial score (nSPS) is 48.5. The fraction of sp³-hybridized carbons (Fsp3) is 1.00. The number of hydrogen-bond donors (Lipinski definition) is 0. The highest BCUT2D eigenvalue weighted by Gasteiger charge is 2.30. The van der Waals surface area contributed by atoms with Crippen molar-refractivity contribution in [3.63, 3.8) is 0 Å². The van der Waals surface area contributed by atoms with Gasteiger partial charge in [0.05, 0.1) is 0 Å². The van der Waals surface area contributed by atoms with E-state index in [1.54, 1.807) is 6.42 Å². The predicted octanol–water partition coefficient (Wildman–Crippen LogP) is 3.86. The molecule has 0 saturated heterocycles. The predicted molar refractivity (Wildman–Crippen MR) is 53.0 cm³/mol. The first-order valence-electron chi connectivity index (χ1n) is 5.75. The molecule has 2 aliphatic rings. The Kier molecular flexibility index (Phi) is 2.43. The van der Waals surface area contributed by atoms with Crippen molar-refractivity contribution in [2.75, 3.05) is 0 Å². The second-order valence-electron chi connectivity index (χ2n) is 5.32. The van der Waals surface area contributed by atoms with Gasteiger partial charge in [0, 0.05) is 0 Å². The molecule has 0 heterocycles. The summed E-state index contributed by atoms with van der Waals surface area (Å²) in [5.41, 5.74) is 0. The fourth-order valence-electron chi connectivity index (χ4n) is 3.35. The van der Waals surface area contributed by atoms with E-state index in [-0.39, 0.29) is 0 Å². The Morgan fingerprint density at radius 2 is 1.25 bits per heavy atom. The first-order valence-corrected chi connectivity index (χ1v) is 5.75. The Labute approximate surface area is 76.7 Å². The summed E-state index contributed by atoms with van der Waals surface area (Å²) in [7, 11) is 0. The van der Waals surface area contributed by atoms with Crippen molar-refractivity contribution < 1.29 is 0 Å². The topological polar surface area (TPSA) is 0 Å². The molecule has 0 aromatic carbocycles. The van der Waals surface area contributed by atoms with Crippen molar-refractivity contribution >= 4 is 0 Å². The molecule has 4 atom stereocenters. The van der Waals surface area contributed by atoms with Gasteiger partial charge in [-0.05, 0) is 42.9 Å². The van der Waals surface area contributed by atoms with Gasteiger partial charge in [0.15, 0.2) is 0 Å². The van der Waals surface area contributed by atoms with Crippen molar-refractivity contribution in [3.8, 4) is 0 Å². The van der Waals surface area contributed by atoms with Gasteiger partial charge in [-0.3, -0.25) is 0 Å². The lowest BCUT2D eigenvalue weighted by Crippen LogP contribution is -2.13. The largest absolute Gasteiger partial charge is 0.0622 e. The second-order valence-corrected chi connectivity index (χ2v) is 5.32. The summed E-state index contributed by atoms with van der Waals surface area (Å²) in [6.45, 7) is 4.93. The van der Waals surface area contributed by atoms with Crippen LogP contribution in [0.25, 0.3) is 0 Å². The van der Waals surface area contributed by atoms with Crippen molar-refractivity contribution in [2.45, 2.75) is 52.4 Å². The minimum absolute atomic E-state index is 0.998. The van der Waals surface area contributed by atoms with Gasteiger partial charge in [0.1, 0.15) is 0 Å². The van der Waals surface area contributed by atoms with Gasteiger partial charge in [0.25, 0.3) is 0 Å². The molecule has 4 unspecified atom stereocenters. The molecule has 0 nitrogen and oxygen atoms in total. The Hall–Kier alpha value is 0. The average Bonchev–Trinajstić information content (AvgIpc) is 2.11. The lowest BCUT2D eigenvalue weighted by molar-refractivity contribution is 0.265. The third-order valence-electron chi connectivity index (χ3n) is 4.27. The van der Waals surface area contributed by atoms with Crippen LogP contribution in [0.1, 0.15) is 52.4 Å². The second kappa shape index (κ2) is 3.40. The monoisotopic (exact) mass is 166 g/mol. The van der Waals surface area contributed by atoms with Gasteiger partial charge in [-0.2, -0.15) is 0 Å². The lowest BCUT2D eigenvalue weighted by atomic mass is 9.80. The van der Waals surface area contributed by atoms with Crippen LogP contribution in [0.5, 0.6) is 0 Å². The van der Waals surface area contributed by atoms with E-state index >= 15 is 0 Å². The molecule has 2 bridgehead atoms. The van der Waals surface area contributed by atoms with E-state index in [0.717, 1.165) is 23.7 Å². The molecule has 0 aliphatic heterocycles. The third-order valence-corrected chi connectivity index (χ3v) is 4.27. The Morgan fingerprint density at radius 3 is 1.75 bits per heavy atom. The SMILES string of the molecule is CC1CC2CCCC(C2)CC1C. The zero-order valence-electron chi connectivity index (χ0n) is 8.55. The molecule has 70 valence electrons.